The Kier molecular flexibility index (Phi) is 5.60. The normalized spacial score (nSPS) is 30.9. The molecule has 1 saturated heterocycles. The van der Waals surface area contributed by atoms with Gasteiger partial charge in [0.1, 0.15) is 0 Å². The second-order valence-electron chi connectivity index (χ2n) is 7.50. The zero-order valence-electron chi connectivity index (χ0n) is 14.4. The topological polar surface area (TPSA) is 61.8 Å². The summed E-state index contributed by atoms with van der Waals surface area (Å²) < 4.78 is 5.44. The van der Waals surface area contributed by atoms with E-state index in [1.54, 1.807) is 0 Å². The summed E-state index contributed by atoms with van der Waals surface area (Å²) in [4.78, 5) is 14.7. The first-order valence-electron chi connectivity index (χ1n) is 9.46. The summed E-state index contributed by atoms with van der Waals surface area (Å²) in [5.74, 6) is 0.225. The number of nitrogens with one attached hydrogen (secondary N) is 1. The number of carbonyl (C=O) groups is 1. The predicted molar refractivity (Wildman–Crippen MR) is 89.2 cm³/mol. The standard InChI is InChI=1S/C18H32N2O3/c1-2-20(14-6-4-3-5-7-14)17(22)13-19-15-12-16(21)18(15)8-10-23-11-9-18/h14-16,19,21H,2-13H2,1H3/t15-,16-/m1/s1. The number of rotatable bonds is 5. The summed E-state index contributed by atoms with van der Waals surface area (Å²) in [6, 6.07) is 0.697. The molecule has 1 heterocycles. The Balaban J connectivity index is 1.51. The van der Waals surface area contributed by atoms with E-state index in [-0.39, 0.29) is 23.5 Å². The molecule has 0 bridgehead atoms. The smallest absolute Gasteiger partial charge is 0.236 e. The van der Waals surface area contributed by atoms with Crippen molar-refractivity contribution in [2.75, 3.05) is 26.3 Å². The Morgan fingerprint density at radius 3 is 2.57 bits per heavy atom. The highest BCUT2D eigenvalue weighted by atomic mass is 16.5. The van der Waals surface area contributed by atoms with Crippen molar-refractivity contribution >= 4 is 5.91 Å². The van der Waals surface area contributed by atoms with Crippen LogP contribution in [0.15, 0.2) is 0 Å². The SMILES string of the molecule is CCN(C(=O)CN[C@@H]1C[C@@H](O)C12CCOCC2)C1CCCCC1. The Labute approximate surface area is 139 Å². The third-order valence-corrected chi connectivity index (χ3v) is 6.42. The van der Waals surface area contributed by atoms with Gasteiger partial charge in [0.2, 0.25) is 5.91 Å². The van der Waals surface area contributed by atoms with Gasteiger partial charge in [-0.3, -0.25) is 4.79 Å². The number of likely N-dealkylation sites (N-methyl/N-ethyl adjacent to an activating group) is 1. The van der Waals surface area contributed by atoms with Crippen LogP contribution in [0.3, 0.4) is 0 Å². The van der Waals surface area contributed by atoms with E-state index in [2.05, 4.69) is 17.1 Å². The average molecular weight is 324 g/mol. The van der Waals surface area contributed by atoms with E-state index in [9.17, 15) is 9.90 Å². The first kappa shape index (κ1) is 17.2. The molecule has 0 unspecified atom stereocenters. The zero-order chi connectivity index (χ0) is 16.3. The van der Waals surface area contributed by atoms with Gasteiger partial charge < -0.3 is 20.1 Å². The lowest BCUT2D eigenvalue weighted by molar-refractivity contribution is -0.152. The van der Waals surface area contributed by atoms with Crippen molar-refractivity contribution < 1.29 is 14.6 Å². The van der Waals surface area contributed by atoms with Gasteiger partial charge in [-0.15, -0.1) is 0 Å². The molecule has 2 aliphatic carbocycles. The van der Waals surface area contributed by atoms with Crippen molar-refractivity contribution in [2.45, 2.75) is 76.5 Å². The first-order valence-corrected chi connectivity index (χ1v) is 9.46. The van der Waals surface area contributed by atoms with E-state index >= 15 is 0 Å². The molecule has 2 atom stereocenters. The maximum Gasteiger partial charge on any atom is 0.236 e. The number of aliphatic hydroxyl groups is 1. The zero-order valence-corrected chi connectivity index (χ0v) is 14.4. The van der Waals surface area contributed by atoms with Gasteiger partial charge in [0.05, 0.1) is 12.6 Å². The minimum absolute atomic E-state index is 0.0551. The summed E-state index contributed by atoms with van der Waals surface area (Å²) in [6.07, 6.45) is 8.46. The average Bonchev–Trinajstić information content (AvgIpc) is 2.60. The van der Waals surface area contributed by atoms with Gasteiger partial charge in [0.25, 0.3) is 0 Å². The number of hydrogen-bond acceptors (Lipinski definition) is 4. The Morgan fingerprint density at radius 1 is 1.26 bits per heavy atom. The molecule has 2 saturated carbocycles. The number of amides is 1. The number of ether oxygens (including phenoxy) is 1. The fraction of sp³-hybridized carbons (Fsp3) is 0.944. The van der Waals surface area contributed by atoms with Gasteiger partial charge in [-0.1, -0.05) is 19.3 Å². The van der Waals surface area contributed by atoms with Gasteiger partial charge in [0.15, 0.2) is 0 Å². The number of aliphatic hydroxyl groups excluding tert-OH is 1. The van der Waals surface area contributed by atoms with Crippen molar-refractivity contribution in [1.29, 1.82) is 0 Å². The lowest BCUT2D eigenvalue weighted by atomic mass is 9.58. The Morgan fingerprint density at radius 2 is 1.96 bits per heavy atom. The third kappa shape index (κ3) is 3.42. The summed E-state index contributed by atoms with van der Waals surface area (Å²) in [5.41, 5.74) is -0.0551. The largest absolute Gasteiger partial charge is 0.392 e. The van der Waals surface area contributed by atoms with E-state index in [4.69, 9.17) is 4.74 Å². The summed E-state index contributed by atoms with van der Waals surface area (Å²) in [5, 5.41) is 13.7. The molecule has 3 fully saturated rings. The van der Waals surface area contributed by atoms with Crippen molar-refractivity contribution in [3.05, 3.63) is 0 Å². The maximum atomic E-state index is 12.6. The van der Waals surface area contributed by atoms with Crippen molar-refractivity contribution in [1.82, 2.24) is 10.2 Å². The molecular formula is C18H32N2O3. The van der Waals surface area contributed by atoms with E-state index in [0.717, 1.165) is 51.9 Å². The van der Waals surface area contributed by atoms with E-state index < -0.39 is 0 Å². The Hall–Kier alpha value is -0.650. The molecule has 3 aliphatic rings. The molecule has 5 nitrogen and oxygen atoms in total. The highest BCUT2D eigenvalue weighted by Gasteiger charge is 2.54. The van der Waals surface area contributed by atoms with Gasteiger partial charge in [-0.05, 0) is 39.0 Å². The quantitative estimate of drug-likeness (QED) is 0.808. The molecule has 3 rings (SSSR count). The summed E-state index contributed by atoms with van der Waals surface area (Å²) in [6.45, 7) is 4.75. The minimum atomic E-state index is -0.236. The molecule has 2 N–H and O–H groups in total. The fourth-order valence-corrected chi connectivity index (χ4v) is 4.83. The summed E-state index contributed by atoms with van der Waals surface area (Å²) in [7, 11) is 0. The van der Waals surface area contributed by atoms with Crippen LogP contribution in [0.1, 0.15) is 58.3 Å². The van der Waals surface area contributed by atoms with Crippen LogP contribution in [-0.2, 0) is 9.53 Å². The maximum absolute atomic E-state index is 12.6. The van der Waals surface area contributed by atoms with Gasteiger partial charge in [-0.25, -0.2) is 0 Å². The van der Waals surface area contributed by atoms with Crippen LogP contribution in [0.25, 0.3) is 0 Å². The molecule has 0 aromatic rings. The second kappa shape index (κ2) is 7.49. The molecule has 0 radical (unpaired) electrons. The molecule has 0 aromatic heterocycles. The molecule has 1 aliphatic heterocycles. The highest BCUT2D eigenvalue weighted by molar-refractivity contribution is 5.78. The number of hydrogen-bond donors (Lipinski definition) is 2. The molecule has 23 heavy (non-hydrogen) atoms. The van der Waals surface area contributed by atoms with E-state index in [1.165, 1.54) is 19.3 Å². The van der Waals surface area contributed by atoms with Crippen molar-refractivity contribution in [3.8, 4) is 0 Å². The minimum Gasteiger partial charge on any atom is -0.392 e. The van der Waals surface area contributed by atoms with Crippen molar-refractivity contribution in [3.63, 3.8) is 0 Å². The summed E-state index contributed by atoms with van der Waals surface area (Å²) >= 11 is 0. The van der Waals surface area contributed by atoms with E-state index in [1.807, 2.05) is 0 Å². The van der Waals surface area contributed by atoms with Crippen LogP contribution in [-0.4, -0.2) is 60.4 Å². The monoisotopic (exact) mass is 324 g/mol. The van der Waals surface area contributed by atoms with Crippen LogP contribution in [0, 0.1) is 5.41 Å². The van der Waals surface area contributed by atoms with Gasteiger partial charge in [-0.2, -0.15) is 0 Å². The second-order valence-corrected chi connectivity index (χ2v) is 7.50. The van der Waals surface area contributed by atoms with Gasteiger partial charge in [0, 0.05) is 37.3 Å². The van der Waals surface area contributed by atoms with Crippen LogP contribution < -0.4 is 5.32 Å². The molecular weight excluding hydrogens is 292 g/mol. The number of carbonyl (C=O) groups excluding carboxylic acids is 1. The lowest BCUT2D eigenvalue weighted by Crippen LogP contribution is -2.65. The first-order chi connectivity index (χ1) is 11.2. The lowest BCUT2D eigenvalue weighted by Gasteiger charge is -2.56. The molecule has 5 heteroatoms. The third-order valence-electron chi connectivity index (χ3n) is 6.42. The molecule has 1 amide bonds. The molecule has 132 valence electrons. The predicted octanol–water partition coefficient (Wildman–Crippen LogP) is 1.69. The van der Waals surface area contributed by atoms with Gasteiger partial charge >= 0.3 is 0 Å². The van der Waals surface area contributed by atoms with Crippen LogP contribution in [0.2, 0.25) is 0 Å². The highest BCUT2D eigenvalue weighted by Crippen LogP contribution is 2.48. The fourth-order valence-electron chi connectivity index (χ4n) is 4.83. The van der Waals surface area contributed by atoms with Crippen LogP contribution >= 0.6 is 0 Å². The number of nitrogens with zero attached hydrogens (tertiary/aromatic N) is 1. The van der Waals surface area contributed by atoms with Crippen LogP contribution in [0.5, 0.6) is 0 Å². The van der Waals surface area contributed by atoms with Crippen molar-refractivity contribution in [2.24, 2.45) is 5.41 Å². The Bertz CT molecular complexity index is 403. The van der Waals surface area contributed by atoms with Crippen LogP contribution in [0.4, 0.5) is 0 Å². The molecule has 0 aromatic carbocycles. The molecule has 1 spiro atoms. The van der Waals surface area contributed by atoms with E-state index in [0.29, 0.717) is 12.6 Å².